The topological polar surface area (TPSA) is 12.0 Å². The zero-order valence-corrected chi connectivity index (χ0v) is 12.4. The van der Waals surface area contributed by atoms with E-state index in [1.165, 1.54) is 34.6 Å². The molecule has 0 saturated carbocycles. The van der Waals surface area contributed by atoms with Crippen LogP contribution in [0, 0.1) is 13.8 Å². The number of hydrogen-bond donors (Lipinski definition) is 1. The highest BCUT2D eigenvalue weighted by Crippen LogP contribution is 2.13. The van der Waals surface area contributed by atoms with Gasteiger partial charge in [0, 0.05) is 12.6 Å². The molecule has 0 amide bonds. The molecular formula is C15H25NS. The highest BCUT2D eigenvalue weighted by molar-refractivity contribution is 7.99. The largest absolute Gasteiger partial charge is 0.310 e. The normalized spacial score (nSPS) is 12.7. The van der Waals surface area contributed by atoms with Gasteiger partial charge in [-0.2, -0.15) is 11.8 Å². The van der Waals surface area contributed by atoms with Gasteiger partial charge in [-0.15, -0.1) is 0 Å². The fourth-order valence-electron chi connectivity index (χ4n) is 1.91. The Morgan fingerprint density at radius 3 is 2.47 bits per heavy atom. The second-order valence-electron chi connectivity index (χ2n) is 4.64. The lowest BCUT2D eigenvalue weighted by Crippen LogP contribution is -2.26. The highest BCUT2D eigenvalue weighted by Gasteiger charge is 2.05. The van der Waals surface area contributed by atoms with Crippen LogP contribution in [0.5, 0.6) is 0 Å². The van der Waals surface area contributed by atoms with E-state index in [2.05, 4.69) is 51.2 Å². The van der Waals surface area contributed by atoms with Crippen molar-refractivity contribution in [1.29, 1.82) is 0 Å². The number of thioether (sulfide) groups is 1. The van der Waals surface area contributed by atoms with E-state index < -0.39 is 0 Å². The predicted octanol–water partition coefficient (Wildman–Crippen LogP) is 3.92. The van der Waals surface area contributed by atoms with E-state index in [1.807, 2.05) is 11.8 Å². The van der Waals surface area contributed by atoms with Crippen molar-refractivity contribution in [1.82, 2.24) is 5.32 Å². The lowest BCUT2D eigenvalue weighted by molar-refractivity contribution is 0.535. The van der Waals surface area contributed by atoms with Gasteiger partial charge in [0.15, 0.2) is 0 Å². The van der Waals surface area contributed by atoms with E-state index in [4.69, 9.17) is 0 Å². The summed E-state index contributed by atoms with van der Waals surface area (Å²) in [6, 6.07) is 7.13. The number of hydrogen-bond acceptors (Lipinski definition) is 2. The van der Waals surface area contributed by atoms with Gasteiger partial charge in [0.2, 0.25) is 0 Å². The summed E-state index contributed by atoms with van der Waals surface area (Å²) < 4.78 is 0. The SMILES string of the molecule is CCSCCC(C)NCc1c(C)cccc1C. The molecule has 17 heavy (non-hydrogen) atoms. The highest BCUT2D eigenvalue weighted by atomic mass is 32.2. The van der Waals surface area contributed by atoms with Gasteiger partial charge in [-0.1, -0.05) is 25.1 Å². The molecule has 0 fully saturated rings. The molecule has 0 heterocycles. The van der Waals surface area contributed by atoms with Gasteiger partial charge < -0.3 is 5.32 Å². The first kappa shape index (κ1) is 14.6. The maximum Gasteiger partial charge on any atom is 0.0213 e. The third kappa shape index (κ3) is 5.13. The van der Waals surface area contributed by atoms with Crippen molar-refractivity contribution in [2.24, 2.45) is 0 Å². The summed E-state index contributed by atoms with van der Waals surface area (Å²) in [7, 11) is 0. The van der Waals surface area contributed by atoms with Crippen molar-refractivity contribution in [2.45, 2.75) is 46.7 Å². The number of benzene rings is 1. The average molecular weight is 251 g/mol. The van der Waals surface area contributed by atoms with Gasteiger partial charge >= 0.3 is 0 Å². The Kier molecular flexibility index (Phi) is 6.68. The molecule has 1 unspecified atom stereocenters. The molecule has 96 valence electrons. The van der Waals surface area contributed by atoms with Gasteiger partial charge in [-0.3, -0.25) is 0 Å². The summed E-state index contributed by atoms with van der Waals surface area (Å²) in [6.45, 7) is 9.89. The Morgan fingerprint density at radius 2 is 1.88 bits per heavy atom. The van der Waals surface area contributed by atoms with E-state index in [0.717, 1.165) is 6.54 Å². The molecule has 1 atom stereocenters. The van der Waals surface area contributed by atoms with Gasteiger partial charge in [0.25, 0.3) is 0 Å². The van der Waals surface area contributed by atoms with Crippen molar-refractivity contribution in [3.8, 4) is 0 Å². The minimum atomic E-state index is 0.605. The van der Waals surface area contributed by atoms with Crippen molar-refractivity contribution in [2.75, 3.05) is 11.5 Å². The quantitative estimate of drug-likeness (QED) is 0.737. The van der Waals surface area contributed by atoms with E-state index in [9.17, 15) is 0 Å². The first-order valence-corrected chi connectivity index (χ1v) is 7.66. The number of nitrogens with one attached hydrogen (secondary N) is 1. The van der Waals surface area contributed by atoms with Crippen molar-refractivity contribution >= 4 is 11.8 Å². The third-order valence-corrected chi connectivity index (χ3v) is 4.10. The molecule has 1 aromatic carbocycles. The van der Waals surface area contributed by atoms with E-state index in [-0.39, 0.29) is 0 Å². The Bertz CT molecular complexity index is 315. The van der Waals surface area contributed by atoms with Crippen LogP contribution >= 0.6 is 11.8 Å². The average Bonchev–Trinajstić information content (AvgIpc) is 2.29. The van der Waals surface area contributed by atoms with Crippen LogP contribution in [0.25, 0.3) is 0 Å². The maximum absolute atomic E-state index is 3.63. The van der Waals surface area contributed by atoms with E-state index in [1.54, 1.807) is 0 Å². The predicted molar refractivity (Wildman–Crippen MR) is 79.8 cm³/mol. The van der Waals surface area contributed by atoms with Crippen LogP contribution in [0.2, 0.25) is 0 Å². The Hall–Kier alpha value is -0.470. The molecule has 2 heteroatoms. The molecule has 0 spiro atoms. The van der Waals surface area contributed by atoms with Crippen LogP contribution in [-0.4, -0.2) is 17.5 Å². The summed E-state index contributed by atoms with van der Waals surface area (Å²) in [6.07, 6.45) is 1.25. The van der Waals surface area contributed by atoms with E-state index >= 15 is 0 Å². The molecule has 0 radical (unpaired) electrons. The summed E-state index contributed by atoms with van der Waals surface area (Å²) in [5, 5.41) is 3.63. The first-order chi connectivity index (χ1) is 8.15. The van der Waals surface area contributed by atoms with Gasteiger partial charge in [0.1, 0.15) is 0 Å². The molecule has 0 aliphatic carbocycles. The molecular weight excluding hydrogens is 226 g/mol. The summed E-state index contributed by atoms with van der Waals surface area (Å²) in [5.41, 5.74) is 4.25. The third-order valence-electron chi connectivity index (χ3n) is 3.17. The minimum absolute atomic E-state index is 0.605. The lowest BCUT2D eigenvalue weighted by Gasteiger charge is -2.16. The molecule has 0 saturated heterocycles. The van der Waals surface area contributed by atoms with Crippen molar-refractivity contribution in [3.05, 3.63) is 34.9 Å². The molecule has 1 rings (SSSR count). The number of rotatable bonds is 7. The van der Waals surface area contributed by atoms with Crippen LogP contribution in [0.3, 0.4) is 0 Å². The molecule has 0 bridgehead atoms. The van der Waals surface area contributed by atoms with Gasteiger partial charge in [-0.05, 0) is 55.4 Å². The fraction of sp³-hybridized carbons (Fsp3) is 0.600. The Balaban J connectivity index is 2.39. The van der Waals surface area contributed by atoms with E-state index in [0.29, 0.717) is 6.04 Å². The molecule has 1 nitrogen and oxygen atoms in total. The first-order valence-electron chi connectivity index (χ1n) is 6.51. The van der Waals surface area contributed by atoms with Crippen LogP contribution in [0.4, 0.5) is 0 Å². The van der Waals surface area contributed by atoms with Crippen LogP contribution in [0.1, 0.15) is 37.0 Å². The lowest BCUT2D eigenvalue weighted by atomic mass is 10.0. The standard InChI is InChI=1S/C15H25NS/c1-5-17-10-9-14(4)16-11-15-12(2)7-6-8-13(15)3/h6-8,14,16H,5,9-11H2,1-4H3. The Morgan fingerprint density at radius 1 is 1.24 bits per heavy atom. The summed E-state index contributed by atoms with van der Waals surface area (Å²) in [4.78, 5) is 0. The van der Waals surface area contributed by atoms with Gasteiger partial charge in [-0.25, -0.2) is 0 Å². The number of aryl methyl sites for hydroxylation is 2. The zero-order valence-electron chi connectivity index (χ0n) is 11.5. The van der Waals surface area contributed by atoms with Crippen molar-refractivity contribution < 1.29 is 0 Å². The monoisotopic (exact) mass is 251 g/mol. The van der Waals surface area contributed by atoms with Crippen LogP contribution in [0.15, 0.2) is 18.2 Å². The zero-order chi connectivity index (χ0) is 12.7. The van der Waals surface area contributed by atoms with Crippen molar-refractivity contribution in [3.63, 3.8) is 0 Å². The molecule has 1 N–H and O–H groups in total. The van der Waals surface area contributed by atoms with Crippen LogP contribution in [-0.2, 0) is 6.54 Å². The van der Waals surface area contributed by atoms with Gasteiger partial charge in [0.05, 0.1) is 0 Å². The smallest absolute Gasteiger partial charge is 0.0213 e. The molecule has 0 aromatic heterocycles. The summed E-state index contributed by atoms with van der Waals surface area (Å²) in [5.74, 6) is 2.49. The second-order valence-corrected chi connectivity index (χ2v) is 6.03. The summed E-state index contributed by atoms with van der Waals surface area (Å²) >= 11 is 2.02. The molecule has 0 aliphatic rings. The maximum atomic E-state index is 3.63. The van der Waals surface area contributed by atoms with Crippen LogP contribution < -0.4 is 5.32 Å². The second kappa shape index (κ2) is 7.78. The minimum Gasteiger partial charge on any atom is -0.310 e. The fourth-order valence-corrected chi connectivity index (χ4v) is 2.72. The molecule has 0 aliphatic heterocycles. The molecule has 1 aromatic rings. The Labute approximate surface area is 110 Å².